The Hall–Kier alpha value is -2.42. The van der Waals surface area contributed by atoms with Crippen molar-refractivity contribution in [1.29, 1.82) is 0 Å². The molecule has 3 aliphatic rings. The summed E-state index contributed by atoms with van der Waals surface area (Å²) in [7, 11) is 0. The van der Waals surface area contributed by atoms with Gasteiger partial charge in [-0.05, 0) is 43.4 Å². The Labute approximate surface area is 201 Å². The van der Waals surface area contributed by atoms with Crippen LogP contribution in [0.5, 0.6) is 0 Å². The highest BCUT2D eigenvalue weighted by Crippen LogP contribution is 2.64. The monoisotopic (exact) mass is 531 g/mol. The van der Waals surface area contributed by atoms with Crippen LogP contribution in [0.15, 0.2) is 0 Å². The van der Waals surface area contributed by atoms with Gasteiger partial charge in [-0.2, -0.15) is 13.2 Å². The molecule has 2 saturated heterocycles. The Morgan fingerprint density at radius 1 is 1.19 bits per heavy atom. The van der Waals surface area contributed by atoms with Gasteiger partial charge in [-0.15, -0.1) is 13.2 Å². The van der Waals surface area contributed by atoms with Crippen molar-refractivity contribution < 1.29 is 55.4 Å². The van der Waals surface area contributed by atoms with Gasteiger partial charge in [-0.3, -0.25) is 23.9 Å². The lowest BCUT2D eigenvalue weighted by Crippen LogP contribution is -2.48. The zero-order chi connectivity index (χ0) is 27.1. The van der Waals surface area contributed by atoms with Crippen LogP contribution in [-0.4, -0.2) is 77.9 Å². The summed E-state index contributed by atoms with van der Waals surface area (Å²) in [6.45, 7) is -1.14. The smallest absolute Gasteiger partial charge is 0.383 e. The molecular weight excluding hydrogens is 504 g/mol. The van der Waals surface area contributed by atoms with Crippen LogP contribution in [-0.2, 0) is 23.9 Å². The van der Waals surface area contributed by atoms with Gasteiger partial charge in [0.25, 0.3) is 5.91 Å². The number of Topliss-reactive ketones (excluding diaryl/α,β-unsaturated/α-hetero) is 1. The molecule has 9 nitrogen and oxygen atoms in total. The number of halogens is 6. The van der Waals surface area contributed by atoms with Crippen molar-refractivity contribution in [3.05, 3.63) is 0 Å². The average Bonchev–Trinajstić information content (AvgIpc) is 3.07. The molecule has 0 aromatic carbocycles. The summed E-state index contributed by atoms with van der Waals surface area (Å²) in [6, 6.07) is -1.26. The number of nitrogens with two attached hydrogens (primary N) is 1. The summed E-state index contributed by atoms with van der Waals surface area (Å²) in [5, 5.41) is 12.6. The maximum absolute atomic E-state index is 12.7. The summed E-state index contributed by atoms with van der Waals surface area (Å²) < 4.78 is 78.7. The third kappa shape index (κ3) is 6.66. The highest BCUT2D eigenvalue weighted by molar-refractivity contribution is 5.90. The van der Waals surface area contributed by atoms with Crippen molar-refractivity contribution in [2.24, 2.45) is 28.9 Å². The molecule has 204 valence electrons. The minimum absolute atomic E-state index is 0.0539. The molecular formula is C21H27F6N3O6. The van der Waals surface area contributed by atoms with Crippen LogP contribution in [0.1, 0.15) is 38.5 Å². The maximum atomic E-state index is 12.7. The highest BCUT2D eigenvalue weighted by Gasteiger charge is 2.65. The number of hydrogen-bond acceptors (Lipinski definition) is 6. The molecule has 36 heavy (non-hydrogen) atoms. The second-order valence-electron chi connectivity index (χ2n) is 9.75. The first-order valence-corrected chi connectivity index (χ1v) is 11.4. The quantitative estimate of drug-likeness (QED) is 0.360. The summed E-state index contributed by atoms with van der Waals surface area (Å²) in [4.78, 5) is 50.4. The number of ether oxygens (including phenoxy) is 1. The maximum Gasteiger partial charge on any atom is 0.522 e. The average molecular weight is 531 g/mol. The highest BCUT2D eigenvalue weighted by atomic mass is 19.4. The fourth-order valence-corrected chi connectivity index (χ4v) is 5.43. The molecule has 0 aromatic heterocycles. The Morgan fingerprint density at radius 2 is 1.86 bits per heavy atom. The number of aliphatic hydroxyl groups excluding tert-OH is 1. The molecule has 0 radical (unpaired) electrons. The largest absolute Gasteiger partial charge is 0.522 e. The van der Waals surface area contributed by atoms with Crippen LogP contribution in [0.4, 0.5) is 26.3 Å². The van der Waals surface area contributed by atoms with Crippen molar-refractivity contribution in [2.45, 2.75) is 63.2 Å². The second-order valence-corrected chi connectivity index (χ2v) is 9.75. The zero-order valence-corrected chi connectivity index (χ0v) is 19.0. The third-order valence-electron chi connectivity index (χ3n) is 7.29. The van der Waals surface area contributed by atoms with E-state index in [2.05, 4.69) is 10.1 Å². The van der Waals surface area contributed by atoms with Crippen LogP contribution in [0.25, 0.3) is 0 Å². The first-order chi connectivity index (χ1) is 16.5. The van der Waals surface area contributed by atoms with Gasteiger partial charge < -0.3 is 21.1 Å². The number of ketones is 1. The lowest BCUT2D eigenvalue weighted by Gasteiger charge is -2.25. The Balaban J connectivity index is 1.76. The van der Waals surface area contributed by atoms with Gasteiger partial charge in [-0.1, -0.05) is 0 Å². The Morgan fingerprint density at radius 3 is 2.39 bits per heavy atom. The normalized spacial score (nSPS) is 29.8. The van der Waals surface area contributed by atoms with E-state index in [4.69, 9.17) is 5.73 Å². The van der Waals surface area contributed by atoms with Gasteiger partial charge >= 0.3 is 12.5 Å². The fraction of sp³-hybridized carbons (Fsp3) is 0.810. The molecule has 1 aliphatic carbocycles. The van der Waals surface area contributed by atoms with Gasteiger partial charge in [0.05, 0.1) is 0 Å². The van der Waals surface area contributed by atoms with Gasteiger partial charge in [-0.25, -0.2) is 0 Å². The van der Waals surface area contributed by atoms with Gasteiger partial charge in [0.2, 0.25) is 11.8 Å². The molecule has 3 fully saturated rings. The summed E-state index contributed by atoms with van der Waals surface area (Å²) in [5.74, 6) is -5.58. The van der Waals surface area contributed by atoms with E-state index in [1.54, 1.807) is 0 Å². The molecule has 0 aromatic rings. The van der Waals surface area contributed by atoms with E-state index in [1.807, 2.05) is 0 Å². The number of primary amides is 1. The molecule has 1 spiro atoms. The number of nitrogens with zero attached hydrogens (tertiary/aromatic N) is 1. The SMILES string of the molecule is NC(=O)C1CC2(CC2[C@H](C[C@H]2CCNC2=O)C(=O)COC(F)(F)F)CN1C(=O)C(O)CCC(F)(F)F. The van der Waals surface area contributed by atoms with Crippen molar-refractivity contribution in [3.63, 3.8) is 0 Å². The molecule has 15 heteroatoms. The van der Waals surface area contributed by atoms with E-state index in [1.165, 1.54) is 0 Å². The molecule has 6 atom stereocenters. The number of aliphatic hydroxyl groups is 1. The van der Waals surface area contributed by atoms with Crippen LogP contribution >= 0.6 is 0 Å². The van der Waals surface area contributed by atoms with Crippen LogP contribution in [0.3, 0.4) is 0 Å². The number of rotatable bonds is 10. The first kappa shape index (κ1) is 28.2. The third-order valence-corrected chi connectivity index (χ3v) is 7.29. The number of alkyl halides is 6. The van der Waals surface area contributed by atoms with Crippen molar-refractivity contribution in [2.75, 3.05) is 19.7 Å². The molecule has 2 aliphatic heterocycles. The van der Waals surface area contributed by atoms with E-state index in [-0.39, 0.29) is 31.7 Å². The van der Waals surface area contributed by atoms with E-state index < -0.39 is 84.9 Å². The fourth-order valence-electron chi connectivity index (χ4n) is 5.43. The molecule has 2 heterocycles. The molecule has 1 saturated carbocycles. The molecule has 0 bridgehead atoms. The van der Waals surface area contributed by atoms with Crippen molar-refractivity contribution in [1.82, 2.24) is 10.2 Å². The van der Waals surface area contributed by atoms with Crippen molar-refractivity contribution in [3.8, 4) is 0 Å². The lowest BCUT2D eigenvalue weighted by molar-refractivity contribution is -0.321. The number of nitrogens with one attached hydrogen (secondary N) is 1. The number of carbonyl (C=O) groups is 4. The Kier molecular flexibility index (Phi) is 7.94. The van der Waals surface area contributed by atoms with E-state index in [0.29, 0.717) is 13.0 Å². The predicted molar refractivity (Wildman–Crippen MR) is 107 cm³/mol. The summed E-state index contributed by atoms with van der Waals surface area (Å²) >= 11 is 0. The number of likely N-dealkylation sites (tertiary alicyclic amines) is 1. The molecule has 4 unspecified atom stereocenters. The first-order valence-electron chi connectivity index (χ1n) is 11.4. The predicted octanol–water partition coefficient (Wildman–Crippen LogP) is 1.03. The lowest BCUT2D eigenvalue weighted by atomic mass is 9.83. The Bertz CT molecular complexity index is 896. The molecule has 4 N–H and O–H groups in total. The minimum Gasteiger partial charge on any atom is -0.383 e. The molecule has 3 rings (SSSR count). The van der Waals surface area contributed by atoms with Crippen LogP contribution in [0, 0.1) is 23.2 Å². The van der Waals surface area contributed by atoms with Crippen molar-refractivity contribution >= 4 is 23.5 Å². The van der Waals surface area contributed by atoms with E-state index in [0.717, 1.165) is 4.90 Å². The van der Waals surface area contributed by atoms with Crippen LogP contribution in [0.2, 0.25) is 0 Å². The number of hydrogen-bond donors (Lipinski definition) is 3. The topological polar surface area (TPSA) is 139 Å². The van der Waals surface area contributed by atoms with Gasteiger partial charge in [0, 0.05) is 31.3 Å². The van der Waals surface area contributed by atoms with E-state index >= 15 is 0 Å². The number of carbonyl (C=O) groups excluding carboxylic acids is 4. The molecule has 3 amide bonds. The van der Waals surface area contributed by atoms with E-state index in [9.17, 15) is 50.6 Å². The standard InChI is InChI=1S/C21H27F6N3O6/c22-20(23,24)3-1-14(31)18(35)30-9-19(7-13(30)16(28)33)6-12(19)11(5-10-2-4-29-17(10)34)15(32)8-36-21(25,26)27/h10-14,31H,1-9H2,(H2,28,33)(H,29,34)/t10-,11+,12?,13?,14?,19?/m1/s1. The van der Waals surface area contributed by atoms with Gasteiger partial charge in [0.1, 0.15) is 18.8 Å². The minimum atomic E-state index is -5.05. The van der Waals surface area contributed by atoms with Gasteiger partial charge in [0.15, 0.2) is 5.78 Å². The summed E-state index contributed by atoms with van der Waals surface area (Å²) in [6.07, 6.45) is -13.6. The number of amides is 3. The summed E-state index contributed by atoms with van der Waals surface area (Å²) in [5.41, 5.74) is 4.48. The van der Waals surface area contributed by atoms with Crippen LogP contribution < -0.4 is 11.1 Å². The second kappa shape index (κ2) is 10.1. The zero-order valence-electron chi connectivity index (χ0n) is 19.0.